The molecule has 0 unspecified atom stereocenters. The second-order valence-corrected chi connectivity index (χ2v) is 5.41. The van der Waals surface area contributed by atoms with Crippen molar-refractivity contribution < 1.29 is 19.7 Å². The van der Waals surface area contributed by atoms with E-state index in [0.29, 0.717) is 24.0 Å². The molecule has 1 atom stereocenters. The largest absolute Gasteiger partial charge is 0.508 e. The van der Waals surface area contributed by atoms with Crippen molar-refractivity contribution in [1.82, 2.24) is 0 Å². The van der Waals surface area contributed by atoms with Crippen molar-refractivity contribution in [2.75, 3.05) is 0 Å². The first kappa shape index (κ1) is 16.1. The van der Waals surface area contributed by atoms with Gasteiger partial charge in [-0.2, -0.15) is 0 Å². The summed E-state index contributed by atoms with van der Waals surface area (Å²) < 4.78 is 5.41. The summed E-state index contributed by atoms with van der Waals surface area (Å²) >= 11 is 0. The SMILES string of the molecule is C/C=C/CC[C@@H]1Cc2cc(O)c(C/C=C/C)c(O)c2C(=O)O1. The zero-order chi connectivity index (χ0) is 16.1. The molecule has 0 radical (unpaired) electrons. The molecule has 0 spiro atoms. The smallest absolute Gasteiger partial charge is 0.342 e. The van der Waals surface area contributed by atoms with Crippen LogP contribution in [-0.4, -0.2) is 22.3 Å². The number of fused-ring (bicyclic) bond motifs is 1. The number of esters is 1. The minimum Gasteiger partial charge on any atom is -0.508 e. The molecule has 1 aliphatic rings. The number of rotatable bonds is 5. The molecule has 1 aromatic rings. The van der Waals surface area contributed by atoms with Gasteiger partial charge in [-0.1, -0.05) is 24.3 Å². The highest BCUT2D eigenvalue weighted by Gasteiger charge is 2.31. The van der Waals surface area contributed by atoms with Gasteiger partial charge in [0, 0.05) is 12.0 Å². The Morgan fingerprint density at radius 3 is 2.68 bits per heavy atom. The van der Waals surface area contributed by atoms with Crippen molar-refractivity contribution in [2.45, 2.75) is 45.6 Å². The molecule has 0 aromatic heterocycles. The van der Waals surface area contributed by atoms with Gasteiger partial charge in [0.05, 0.1) is 0 Å². The predicted molar refractivity (Wildman–Crippen MR) is 85.2 cm³/mol. The van der Waals surface area contributed by atoms with Gasteiger partial charge in [0.2, 0.25) is 0 Å². The number of hydrogen-bond acceptors (Lipinski definition) is 4. The van der Waals surface area contributed by atoms with Crippen molar-refractivity contribution in [2.24, 2.45) is 0 Å². The maximum absolute atomic E-state index is 12.2. The summed E-state index contributed by atoms with van der Waals surface area (Å²) in [6, 6.07) is 1.58. The van der Waals surface area contributed by atoms with Gasteiger partial charge in [0.15, 0.2) is 0 Å². The third-order valence-corrected chi connectivity index (χ3v) is 3.84. The monoisotopic (exact) mass is 302 g/mol. The predicted octanol–water partition coefficient (Wildman–Crippen LogP) is 3.65. The van der Waals surface area contributed by atoms with E-state index in [4.69, 9.17) is 4.74 Å². The number of phenols is 2. The average Bonchev–Trinajstić information content (AvgIpc) is 2.46. The Kier molecular flexibility index (Phi) is 5.26. The average molecular weight is 302 g/mol. The summed E-state index contributed by atoms with van der Waals surface area (Å²) in [6.07, 6.45) is 9.88. The molecule has 1 aromatic carbocycles. The fraction of sp³-hybridized carbons (Fsp3) is 0.389. The Balaban J connectivity index is 2.30. The molecule has 4 heteroatoms. The van der Waals surface area contributed by atoms with Crippen LogP contribution in [0, 0.1) is 0 Å². The fourth-order valence-corrected chi connectivity index (χ4v) is 2.68. The Labute approximate surface area is 130 Å². The van der Waals surface area contributed by atoms with Crippen molar-refractivity contribution in [3.63, 3.8) is 0 Å². The van der Waals surface area contributed by atoms with Gasteiger partial charge in [0.25, 0.3) is 0 Å². The number of hydrogen-bond donors (Lipinski definition) is 2. The van der Waals surface area contributed by atoms with Gasteiger partial charge in [0.1, 0.15) is 23.2 Å². The quantitative estimate of drug-likeness (QED) is 0.643. The van der Waals surface area contributed by atoms with E-state index in [1.165, 1.54) is 0 Å². The maximum atomic E-state index is 12.2. The van der Waals surface area contributed by atoms with Crippen LogP contribution >= 0.6 is 0 Å². The van der Waals surface area contributed by atoms with Crippen LogP contribution in [0.5, 0.6) is 11.5 Å². The first-order chi connectivity index (χ1) is 10.6. The lowest BCUT2D eigenvalue weighted by Crippen LogP contribution is -2.28. The molecule has 2 rings (SSSR count). The van der Waals surface area contributed by atoms with Crippen LogP contribution in [0.3, 0.4) is 0 Å². The molecule has 4 nitrogen and oxygen atoms in total. The van der Waals surface area contributed by atoms with Gasteiger partial charge >= 0.3 is 5.97 Å². The first-order valence-corrected chi connectivity index (χ1v) is 7.58. The molecule has 0 saturated heterocycles. The lowest BCUT2D eigenvalue weighted by molar-refractivity contribution is 0.0235. The summed E-state index contributed by atoms with van der Waals surface area (Å²) in [7, 11) is 0. The zero-order valence-electron chi connectivity index (χ0n) is 13.0. The van der Waals surface area contributed by atoms with Crippen LogP contribution in [0.1, 0.15) is 48.2 Å². The number of cyclic esters (lactones) is 1. The van der Waals surface area contributed by atoms with Crippen molar-refractivity contribution in [3.8, 4) is 11.5 Å². The van der Waals surface area contributed by atoms with Crippen LogP contribution < -0.4 is 0 Å². The third-order valence-electron chi connectivity index (χ3n) is 3.84. The first-order valence-electron chi connectivity index (χ1n) is 7.58. The molecule has 1 heterocycles. The molecule has 0 saturated carbocycles. The van der Waals surface area contributed by atoms with E-state index in [-0.39, 0.29) is 23.2 Å². The second-order valence-electron chi connectivity index (χ2n) is 5.41. The molecular formula is C18H22O4. The molecule has 22 heavy (non-hydrogen) atoms. The van der Waals surface area contributed by atoms with Crippen LogP contribution in [0.4, 0.5) is 0 Å². The van der Waals surface area contributed by atoms with Crippen LogP contribution in [0.15, 0.2) is 30.4 Å². The maximum Gasteiger partial charge on any atom is 0.342 e. The summed E-state index contributed by atoms with van der Waals surface area (Å²) in [4.78, 5) is 12.2. The molecular weight excluding hydrogens is 280 g/mol. The highest BCUT2D eigenvalue weighted by atomic mass is 16.5. The van der Waals surface area contributed by atoms with Crippen LogP contribution in [0.2, 0.25) is 0 Å². The van der Waals surface area contributed by atoms with E-state index >= 15 is 0 Å². The summed E-state index contributed by atoms with van der Waals surface area (Å²) in [5.41, 5.74) is 1.21. The summed E-state index contributed by atoms with van der Waals surface area (Å²) in [5.74, 6) is -0.646. The standard InChI is InChI=1S/C18H22O4/c1-3-5-7-8-13-10-12-11-15(19)14(9-6-4-2)17(20)16(12)18(21)22-13/h3-6,11,13,19-20H,7-10H2,1-2H3/b5-3+,6-4+/t13-/m1/s1. The topological polar surface area (TPSA) is 66.8 Å². The number of phenolic OH excluding ortho intramolecular Hbond substituents is 2. The van der Waals surface area contributed by atoms with E-state index in [9.17, 15) is 15.0 Å². The van der Waals surface area contributed by atoms with Crippen LogP contribution in [0.25, 0.3) is 0 Å². The number of carbonyl (C=O) groups is 1. The third kappa shape index (κ3) is 3.32. The normalized spacial score (nSPS) is 17.9. The summed E-state index contributed by atoms with van der Waals surface area (Å²) in [6.45, 7) is 3.81. The van der Waals surface area contributed by atoms with Gasteiger partial charge in [-0.3, -0.25) is 0 Å². The Morgan fingerprint density at radius 2 is 2.00 bits per heavy atom. The van der Waals surface area contributed by atoms with E-state index in [1.807, 2.05) is 38.2 Å². The molecule has 2 N–H and O–H groups in total. The number of carbonyl (C=O) groups excluding carboxylic acids is 1. The second kappa shape index (κ2) is 7.16. The van der Waals surface area contributed by atoms with E-state index in [0.717, 1.165) is 12.8 Å². The minimum absolute atomic E-state index is 0.0243. The fourth-order valence-electron chi connectivity index (χ4n) is 2.68. The van der Waals surface area contributed by atoms with Crippen molar-refractivity contribution in [1.29, 1.82) is 0 Å². The van der Waals surface area contributed by atoms with E-state index < -0.39 is 5.97 Å². The minimum atomic E-state index is -0.508. The van der Waals surface area contributed by atoms with Gasteiger partial charge in [-0.15, -0.1) is 0 Å². The molecule has 0 bridgehead atoms. The summed E-state index contributed by atoms with van der Waals surface area (Å²) in [5, 5.41) is 20.4. The highest BCUT2D eigenvalue weighted by Crippen LogP contribution is 2.38. The highest BCUT2D eigenvalue weighted by molar-refractivity contribution is 5.96. The number of benzene rings is 1. The van der Waals surface area contributed by atoms with Crippen molar-refractivity contribution in [3.05, 3.63) is 47.1 Å². The Hall–Kier alpha value is -2.23. The Bertz CT molecular complexity index is 614. The zero-order valence-corrected chi connectivity index (χ0v) is 13.0. The van der Waals surface area contributed by atoms with Gasteiger partial charge < -0.3 is 14.9 Å². The van der Waals surface area contributed by atoms with Gasteiger partial charge in [-0.25, -0.2) is 4.79 Å². The molecule has 1 aliphatic heterocycles. The molecule has 0 aliphatic carbocycles. The van der Waals surface area contributed by atoms with E-state index in [2.05, 4.69) is 0 Å². The Morgan fingerprint density at radius 1 is 1.27 bits per heavy atom. The lowest BCUT2D eigenvalue weighted by Gasteiger charge is -2.26. The van der Waals surface area contributed by atoms with Crippen LogP contribution in [-0.2, 0) is 17.6 Å². The van der Waals surface area contributed by atoms with Crippen molar-refractivity contribution >= 4 is 5.97 Å². The number of ether oxygens (including phenoxy) is 1. The molecule has 0 amide bonds. The van der Waals surface area contributed by atoms with E-state index in [1.54, 1.807) is 6.07 Å². The lowest BCUT2D eigenvalue weighted by atomic mass is 9.92. The van der Waals surface area contributed by atoms with Gasteiger partial charge in [-0.05, 0) is 44.7 Å². The number of allylic oxidation sites excluding steroid dienone is 4. The number of aromatic hydroxyl groups is 2. The molecule has 0 fully saturated rings. The molecule has 118 valence electrons.